The average Bonchev–Trinajstić information content (AvgIpc) is 2.55. The number of benzene rings is 2. The van der Waals surface area contributed by atoms with E-state index in [-0.39, 0.29) is 34.5 Å². The average molecular weight is 465 g/mol. The molecule has 1 fully saturated rings. The van der Waals surface area contributed by atoms with Gasteiger partial charge >= 0.3 is 0 Å². The van der Waals surface area contributed by atoms with Crippen LogP contribution in [0.25, 0.3) is 0 Å². The highest BCUT2D eigenvalue weighted by atomic mass is 79.9. The van der Waals surface area contributed by atoms with Crippen molar-refractivity contribution in [2.45, 2.75) is 18.9 Å². The molecule has 8 heteroatoms. The first-order valence-corrected chi connectivity index (χ1v) is 9.41. The second kappa shape index (κ2) is 7.80. The van der Waals surface area contributed by atoms with Crippen molar-refractivity contribution in [1.29, 1.82) is 0 Å². The van der Waals surface area contributed by atoms with Crippen molar-refractivity contribution in [3.8, 4) is 0 Å². The Labute approximate surface area is 167 Å². The van der Waals surface area contributed by atoms with Gasteiger partial charge in [-0.2, -0.15) is 0 Å². The molecule has 1 heterocycles. The van der Waals surface area contributed by atoms with Crippen molar-refractivity contribution < 1.29 is 18.7 Å². The lowest BCUT2D eigenvalue weighted by atomic mass is 9.87. The number of piperidine rings is 1. The predicted octanol–water partition coefficient (Wildman–Crippen LogP) is 5.51. The van der Waals surface area contributed by atoms with E-state index in [1.807, 2.05) is 0 Å². The Morgan fingerprint density at radius 1 is 1.19 bits per heavy atom. The van der Waals surface area contributed by atoms with E-state index in [9.17, 15) is 18.7 Å². The molecule has 138 valence electrons. The van der Waals surface area contributed by atoms with Gasteiger partial charge in [-0.3, -0.25) is 4.79 Å². The van der Waals surface area contributed by atoms with E-state index >= 15 is 0 Å². The van der Waals surface area contributed by atoms with Crippen molar-refractivity contribution >= 4 is 50.7 Å². The van der Waals surface area contributed by atoms with Gasteiger partial charge in [-0.1, -0.05) is 45.2 Å². The van der Waals surface area contributed by atoms with Gasteiger partial charge < -0.3 is 10.0 Å². The molecule has 0 aromatic heterocycles. The number of rotatable bonds is 3. The fourth-order valence-corrected chi connectivity index (χ4v) is 4.58. The van der Waals surface area contributed by atoms with Crippen LogP contribution in [0, 0.1) is 17.6 Å². The molecule has 0 radical (unpaired) electrons. The van der Waals surface area contributed by atoms with Crippen LogP contribution in [-0.4, -0.2) is 17.6 Å². The minimum absolute atomic E-state index is 0.0504. The molecule has 0 saturated carbocycles. The van der Waals surface area contributed by atoms with Gasteiger partial charge in [0.1, 0.15) is 11.6 Å². The Kier molecular flexibility index (Phi) is 5.87. The van der Waals surface area contributed by atoms with Crippen molar-refractivity contribution in [1.82, 2.24) is 0 Å². The third-order valence-corrected chi connectivity index (χ3v) is 5.47. The molecule has 2 aromatic rings. The van der Waals surface area contributed by atoms with Crippen LogP contribution < -0.4 is 4.90 Å². The first-order valence-electron chi connectivity index (χ1n) is 7.86. The number of carbonyl (C=O) groups is 1. The lowest BCUT2D eigenvalue weighted by Gasteiger charge is -2.36. The number of aliphatic hydroxyl groups is 1. The third kappa shape index (κ3) is 3.74. The maximum absolute atomic E-state index is 14.0. The van der Waals surface area contributed by atoms with Gasteiger partial charge in [-0.15, -0.1) is 0 Å². The lowest BCUT2D eigenvalue weighted by molar-refractivity contribution is -0.120. The highest BCUT2D eigenvalue weighted by molar-refractivity contribution is 9.10. The smallest absolute Gasteiger partial charge is 0.227 e. The van der Waals surface area contributed by atoms with E-state index < -0.39 is 23.7 Å². The first-order chi connectivity index (χ1) is 12.3. The van der Waals surface area contributed by atoms with E-state index in [0.717, 1.165) is 12.1 Å². The van der Waals surface area contributed by atoms with Crippen LogP contribution in [-0.2, 0) is 4.79 Å². The number of halogens is 5. The number of anilines is 1. The zero-order chi connectivity index (χ0) is 19.0. The molecule has 2 aromatic carbocycles. The largest absolute Gasteiger partial charge is 0.388 e. The zero-order valence-corrected chi connectivity index (χ0v) is 16.5. The highest BCUT2D eigenvalue weighted by Gasteiger charge is 2.35. The van der Waals surface area contributed by atoms with Crippen LogP contribution in [0.15, 0.2) is 34.8 Å². The first kappa shape index (κ1) is 19.5. The number of aliphatic hydroxyl groups excluding tert-OH is 1. The fourth-order valence-electron chi connectivity index (χ4n) is 3.17. The van der Waals surface area contributed by atoms with E-state index in [4.69, 9.17) is 23.2 Å². The molecule has 1 aliphatic rings. The summed E-state index contributed by atoms with van der Waals surface area (Å²) in [5, 5.41) is 11.1. The predicted molar refractivity (Wildman–Crippen MR) is 101 cm³/mol. The van der Waals surface area contributed by atoms with Gasteiger partial charge in [-0.05, 0) is 30.7 Å². The summed E-state index contributed by atoms with van der Waals surface area (Å²) in [5.74, 6) is -2.41. The summed E-state index contributed by atoms with van der Waals surface area (Å²) in [4.78, 5) is 13.8. The molecule has 3 rings (SSSR count). The van der Waals surface area contributed by atoms with Crippen molar-refractivity contribution in [2.24, 2.45) is 5.92 Å². The minimum Gasteiger partial charge on any atom is -0.388 e. The monoisotopic (exact) mass is 463 g/mol. The molecular weight excluding hydrogens is 451 g/mol. The zero-order valence-electron chi connectivity index (χ0n) is 13.4. The van der Waals surface area contributed by atoms with Crippen LogP contribution >= 0.6 is 39.1 Å². The van der Waals surface area contributed by atoms with E-state index in [1.54, 1.807) is 12.1 Å². The summed E-state index contributed by atoms with van der Waals surface area (Å²) < 4.78 is 28.7. The quantitative estimate of drug-likeness (QED) is 0.650. The third-order valence-electron chi connectivity index (χ3n) is 4.44. The van der Waals surface area contributed by atoms with Gasteiger partial charge in [-0.25, -0.2) is 8.78 Å². The molecule has 3 nitrogen and oxygen atoms in total. The van der Waals surface area contributed by atoms with Gasteiger partial charge in [0, 0.05) is 23.4 Å². The summed E-state index contributed by atoms with van der Waals surface area (Å²) in [6.07, 6.45) is -0.976. The molecule has 26 heavy (non-hydrogen) atoms. The van der Waals surface area contributed by atoms with Crippen LogP contribution in [0.1, 0.15) is 24.5 Å². The molecule has 0 unspecified atom stereocenters. The van der Waals surface area contributed by atoms with E-state index in [1.165, 1.54) is 11.0 Å². The van der Waals surface area contributed by atoms with Gasteiger partial charge in [0.05, 0.1) is 27.4 Å². The van der Waals surface area contributed by atoms with Crippen LogP contribution in [0.2, 0.25) is 10.0 Å². The maximum atomic E-state index is 14.0. The summed E-state index contributed by atoms with van der Waals surface area (Å²) in [5.41, 5.74) is -0.0627. The SMILES string of the molecule is O=C1CC[C@H]([C@H](O)c2c(F)cccc2F)CN1c1c(Cl)cc(Br)cc1Cl. The van der Waals surface area contributed by atoms with E-state index in [2.05, 4.69) is 15.9 Å². The number of hydrogen-bond donors (Lipinski definition) is 1. The van der Waals surface area contributed by atoms with Crippen LogP contribution in [0.4, 0.5) is 14.5 Å². The molecule has 1 saturated heterocycles. The number of carbonyl (C=O) groups excluding carboxylic acids is 1. The summed E-state index contributed by atoms with van der Waals surface area (Å²) in [6, 6.07) is 6.63. The molecule has 0 aliphatic carbocycles. The standard InChI is InChI=1S/C18H14BrCl2F2NO2/c19-10-6-11(20)17(12(21)7-10)24-8-9(4-5-15(24)25)18(26)16-13(22)2-1-3-14(16)23/h1-3,6-7,9,18,26H,4-5,8H2/t9-,18-/m0/s1. The number of amides is 1. The molecule has 0 bridgehead atoms. The Morgan fingerprint density at radius 2 is 1.77 bits per heavy atom. The molecule has 1 amide bonds. The Hall–Kier alpha value is -1.21. The molecule has 1 N–H and O–H groups in total. The van der Waals surface area contributed by atoms with Crippen molar-refractivity contribution in [3.05, 3.63) is 62.0 Å². The van der Waals surface area contributed by atoms with Gasteiger partial charge in [0.2, 0.25) is 5.91 Å². The summed E-state index contributed by atoms with van der Waals surface area (Å²) >= 11 is 15.7. The molecule has 0 spiro atoms. The second-order valence-electron chi connectivity index (χ2n) is 6.10. The molecule has 1 aliphatic heterocycles. The maximum Gasteiger partial charge on any atom is 0.227 e. The summed E-state index contributed by atoms with van der Waals surface area (Å²) in [7, 11) is 0. The minimum atomic E-state index is -1.39. The molecule has 2 atom stereocenters. The Balaban J connectivity index is 1.93. The Bertz CT molecular complexity index is 822. The second-order valence-corrected chi connectivity index (χ2v) is 7.83. The Morgan fingerprint density at radius 3 is 2.35 bits per heavy atom. The van der Waals surface area contributed by atoms with Crippen LogP contribution in [0.5, 0.6) is 0 Å². The highest BCUT2D eigenvalue weighted by Crippen LogP contribution is 2.41. The summed E-state index contributed by atoms with van der Waals surface area (Å²) in [6.45, 7) is 0.0504. The number of nitrogens with zero attached hydrogens (tertiary/aromatic N) is 1. The number of hydrogen-bond acceptors (Lipinski definition) is 2. The normalized spacial score (nSPS) is 18.9. The van der Waals surface area contributed by atoms with Gasteiger partial charge in [0.25, 0.3) is 0 Å². The van der Waals surface area contributed by atoms with Crippen molar-refractivity contribution in [3.63, 3.8) is 0 Å². The van der Waals surface area contributed by atoms with Crippen LogP contribution in [0.3, 0.4) is 0 Å². The molecular formula is C18H14BrCl2F2NO2. The lowest BCUT2D eigenvalue weighted by Crippen LogP contribution is -2.42. The van der Waals surface area contributed by atoms with Gasteiger partial charge in [0.15, 0.2) is 0 Å². The van der Waals surface area contributed by atoms with E-state index in [0.29, 0.717) is 16.6 Å². The fraction of sp³-hybridized carbons (Fsp3) is 0.278. The topological polar surface area (TPSA) is 40.5 Å². The van der Waals surface area contributed by atoms with Crippen molar-refractivity contribution in [2.75, 3.05) is 11.4 Å².